The average Bonchev–Trinajstić information content (AvgIpc) is 2.32. The predicted octanol–water partition coefficient (Wildman–Crippen LogP) is 5.21. The Morgan fingerprint density at radius 2 is 2.05 bits per heavy atom. The molecule has 2 aromatic carbocycles. The zero-order chi connectivity index (χ0) is 14.0. The fourth-order valence-electron chi connectivity index (χ4n) is 1.58. The van der Waals surface area contributed by atoms with Crippen LogP contribution in [0.5, 0.6) is 11.5 Å². The third-order valence-electron chi connectivity index (χ3n) is 2.49. The normalized spacial score (nSPS) is 10.1. The average molecular weight is 341 g/mol. The Labute approximate surface area is 123 Å². The Bertz CT molecular complexity index is 662. The van der Waals surface area contributed by atoms with Gasteiger partial charge in [-0.2, -0.15) is 5.26 Å². The molecule has 0 fully saturated rings. The van der Waals surface area contributed by atoms with Crippen LogP contribution in [-0.2, 0) is 0 Å². The third kappa shape index (κ3) is 3.06. The second-order valence-corrected chi connectivity index (χ2v) is 5.12. The lowest BCUT2D eigenvalue weighted by Gasteiger charge is -2.10. The largest absolute Gasteiger partial charge is 0.456 e. The predicted molar refractivity (Wildman–Crippen MR) is 75.1 cm³/mol. The summed E-state index contributed by atoms with van der Waals surface area (Å²) < 4.78 is 19.3. The Balaban J connectivity index is 2.42. The number of hydrogen-bond acceptors (Lipinski definition) is 2. The summed E-state index contributed by atoms with van der Waals surface area (Å²) in [5.41, 5.74) is 1.32. The molecule has 0 saturated heterocycles. The summed E-state index contributed by atoms with van der Waals surface area (Å²) >= 11 is 9.07. The van der Waals surface area contributed by atoms with E-state index in [-0.39, 0.29) is 10.8 Å². The van der Waals surface area contributed by atoms with Gasteiger partial charge in [0.25, 0.3) is 0 Å². The maximum Gasteiger partial charge on any atom is 0.142 e. The topological polar surface area (TPSA) is 33.0 Å². The van der Waals surface area contributed by atoms with Crippen molar-refractivity contribution in [2.24, 2.45) is 0 Å². The number of ether oxygens (including phenoxy) is 1. The van der Waals surface area contributed by atoms with Gasteiger partial charge in [-0.1, -0.05) is 17.7 Å². The van der Waals surface area contributed by atoms with Gasteiger partial charge in [-0.3, -0.25) is 0 Å². The van der Waals surface area contributed by atoms with Gasteiger partial charge < -0.3 is 4.74 Å². The molecule has 2 rings (SSSR count). The number of nitrogens with zero attached hydrogens (tertiary/aromatic N) is 1. The zero-order valence-corrected chi connectivity index (χ0v) is 12.2. The Hall–Kier alpha value is -1.57. The highest BCUT2D eigenvalue weighted by molar-refractivity contribution is 9.10. The van der Waals surface area contributed by atoms with Crippen molar-refractivity contribution < 1.29 is 9.13 Å². The maximum absolute atomic E-state index is 13.2. The minimum Gasteiger partial charge on any atom is -0.456 e. The highest BCUT2D eigenvalue weighted by atomic mass is 79.9. The molecular formula is C14H8BrClFNO. The molecule has 0 aliphatic heterocycles. The van der Waals surface area contributed by atoms with Crippen molar-refractivity contribution in [2.75, 3.05) is 0 Å². The van der Waals surface area contributed by atoms with Crippen LogP contribution in [0.4, 0.5) is 4.39 Å². The van der Waals surface area contributed by atoms with Gasteiger partial charge >= 0.3 is 0 Å². The van der Waals surface area contributed by atoms with Gasteiger partial charge in [0, 0.05) is 11.1 Å². The highest BCUT2D eigenvalue weighted by Gasteiger charge is 2.11. The third-order valence-corrected chi connectivity index (χ3v) is 3.50. The van der Waals surface area contributed by atoms with E-state index in [2.05, 4.69) is 22.0 Å². The van der Waals surface area contributed by atoms with Gasteiger partial charge in [-0.05, 0) is 46.6 Å². The second-order valence-electron chi connectivity index (χ2n) is 3.89. The van der Waals surface area contributed by atoms with Crippen LogP contribution in [0.3, 0.4) is 0 Å². The standard InChI is InChI=1S/C14H8BrClFNO/c1-8-2-3-13(14(15)12(8)7-18)19-11-5-9(16)4-10(17)6-11/h2-6H,1H3. The lowest BCUT2D eigenvalue weighted by atomic mass is 10.1. The number of nitriles is 1. The molecule has 0 unspecified atom stereocenters. The van der Waals surface area contributed by atoms with E-state index in [1.165, 1.54) is 18.2 Å². The first-order chi connectivity index (χ1) is 9.01. The van der Waals surface area contributed by atoms with Crippen LogP contribution < -0.4 is 4.74 Å². The lowest BCUT2D eigenvalue weighted by Crippen LogP contribution is -1.91. The van der Waals surface area contributed by atoms with E-state index in [1.807, 2.05) is 6.92 Å². The summed E-state index contributed by atoms with van der Waals surface area (Å²) in [5, 5.41) is 9.31. The quantitative estimate of drug-likeness (QED) is 0.751. The van der Waals surface area contributed by atoms with E-state index < -0.39 is 5.82 Å². The van der Waals surface area contributed by atoms with Crippen LogP contribution in [0.15, 0.2) is 34.8 Å². The lowest BCUT2D eigenvalue weighted by molar-refractivity contribution is 0.473. The number of benzene rings is 2. The van der Waals surface area contributed by atoms with Gasteiger partial charge in [-0.25, -0.2) is 4.39 Å². The first kappa shape index (κ1) is 13.9. The second kappa shape index (κ2) is 5.60. The van der Waals surface area contributed by atoms with Gasteiger partial charge in [-0.15, -0.1) is 0 Å². The summed E-state index contributed by atoms with van der Waals surface area (Å²) in [6.45, 7) is 1.83. The van der Waals surface area contributed by atoms with Crippen molar-refractivity contribution in [1.29, 1.82) is 5.26 Å². The molecule has 0 bridgehead atoms. The zero-order valence-electron chi connectivity index (χ0n) is 9.88. The SMILES string of the molecule is Cc1ccc(Oc2cc(F)cc(Cl)c2)c(Br)c1C#N. The van der Waals surface area contributed by atoms with Crippen LogP contribution in [0.1, 0.15) is 11.1 Å². The van der Waals surface area contributed by atoms with E-state index in [0.717, 1.165) is 5.56 Å². The molecule has 0 N–H and O–H groups in total. The number of aryl methyl sites for hydroxylation is 1. The maximum atomic E-state index is 13.2. The van der Waals surface area contributed by atoms with Gasteiger partial charge in [0.1, 0.15) is 23.4 Å². The molecule has 0 atom stereocenters. The Morgan fingerprint density at radius 1 is 1.32 bits per heavy atom. The molecule has 2 nitrogen and oxygen atoms in total. The van der Waals surface area contributed by atoms with E-state index in [0.29, 0.717) is 15.8 Å². The van der Waals surface area contributed by atoms with Gasteiger partial charge in [0.2, 0.25) is 0 Å². The fraction of sp³-hybridized carbons (Fsp3) is 0.0714. The van der Waals surface area contributed by atoms with Crippen LogP contribution in [0.2, 0.25) is 5.02 Å². The fourth-order valence-corrected chi connectivity index (χ4v) is 2.41. The molecule has 0 aliphatic rings. The van der Waals surface area contributed by atoms with Crippen molar-refractivity contribution in [3.8, 4) is 17.6 Å². The summed E-state index contributed by atoms with van der Waals surface area (Å²) in [4.78, 5) is 0. The smallest absolute Gasteiger partial charge is 0.142 e. The van der Waals surface area contributed by atoms with Crippen LogP contribution in [0.25, 0.3) is 0 Å². The van der Waals surface area contributed by atoms with E-state index >= 15 is 0 Å². The molecule has 0 aliphatic carbocycles. The van der Waals surface area contributed by atoms with Crippen LogP contribution in [0, 0.1) is 24.1 Å². The molecule has 0 radical (unpaired) electrons. The summed E-state index contributed by atoms with van der Waals surface area (Å²) in [7, 11) is 0. The van der Waals surface area contributed by atoms with Crippen molar-refractivity contribution in [3.05, 3.63) is 56.8 Å². The van der Waals surface area contributed by atoms with Crippen LogP contribution >= 0.6 is 27.5 Å². The van der Waals surface area contributed by atoms with Crippen LogP contribution in [-0.4, -0.2) is 0 Å². The number of hydrogen-bond donors (Lipinski definition) is 0. The molecular weight excluding hydrogens is 333 g/mol. The molecule has 19 heavy (non-hydrogen) atoms. The number of rotatable bonds is 2. The first-order valence-electron chi connectivity index (χ1n) is 5.34. The molecule has 0 aromatic heterocycles. The monoisotopic (exact) mass is 339 g/mol. The molecule has 0 spiro atoms. The van der Waals surface area contributed by atoms with Crippen molar-refractivity contribution in [3.63, 3.8) is 0 Å². The van der Waals surface area contributed by atoms with E-state index in [4.69, 9.17) is 21.6 Å². The van der Waals surface area contributed by atoms with E-state index in [1.54, 1.807) is 12.1 Å². The molecule has 2 aromatic rings. The van der Waals surface area contributed by atoms with Gasteiger partial charge in [0.05, 0.1) is 10.0 Å². The van der Waals surface area contributed by atoms with Crippen molar-refractivity contribution in [1.82, 2.24) is 0 Å². The molecule has 0 amide bonds. The molecule has 5 heteroatoms. The summed E-state index contributed by atoms with van der Waals surface area (Å²) in [6, 6.07) is 9.48. The first-order valence-corrected chi connectivity index (χ1v) is 6.51. The number of halogens is 3. The Kier molecular flexibility index (Phi) is 4.08. The van der Waals surface area contributed by atoms with Crippen molar-refractivity contribution >= 4 is 27.5 Å². The molecule has 0 heterocycles. The minimum atomic E-state index is -0.480. The Morgan fingerprint density at radius 3 is 2.68 bits per heavy atom. The van der Waals surface area contributed by atoms with Gasteiger partial charge in [0.15, 0.2) is 0 Å². The highest BCUT2D eigenvalue weighted by Crippen LogP contribution is 2.34. The summed E-state index contributed by atoms with van der Waals surface area (Å²) in [6.07, 6.45) is 0. The van der Waals surface area contributed by atoms with E-state index in [9.17, 15) is 4.39 Å². The molecule has 0 saturated carbocycles. The summed E-state index contributed by atoms with van der Waals surface area (Å²) in [5.74, 6) is 0.230. The van der Waals surface area contributed by atoms with Crippen molar-refractivity contribution in [2.45, 2.75) is 6.92 Å². The molecule has 96 valence electrons. The minimum absolute atomic E-state index is 0.249.